The summed E-state index contributed by atoms with van der Waals surface area (Å²) in [6, 6.07) is 3.27. The van der Waals surface area contributed by atoms with Gasteiger partial charge in [-0.3, -0.25) is 0 Å². The summed E-state index contributed by atoms with van der Waals surface area (Å²) >= 11 is 3.02. The Morgan fingerprint density at radius 3 is 2.29 bits per heavy atom. The predicted molar refractivity (Wildman–Crippen MR) is 51.7 cm³/mol. The van der Waals surface area contributed by atoms with Gasteiger partial charge >= 0.3 is 6.18 Å². The number of hydrogen-bond donors (Lipinski definition) is 1. The molecule has 1 rings (SSSR count). The summed E-state index contributed by atoms with van der Waals surface area (Å²) in [4.78, 5) is 0. The molecule has 78 valence electrons. The van der Waals surface area contributed by atoms with E-state index in [9.17, 15) is 13.2 Å². The molecule has 0 bridgehead atoms. The highest BCUT2D eigenvalue weighted by molar-refractivity contribution is 9.10. The van der Waals surface area contributed by atoms with Crippen LogP contribution in [-0.2, 0) is 6.18 Å². The Hall–Kier alpha value is -0.550. The van der Waals surface area contributed by atoms with Crippen molar-refractivity contribution in [1.82, 2.24) is 0 Å². The lowest BCUT2D eigenvalue weighted by atomic mass is 10.1. The molecule has 1 atom stereocenters. The van der Waals surface area contributed by atoms with Gasteiger partial charge in [-0.2, -0.15) is 13.2 Å². The Kier molecular flexibility index (Phi) is 3.21. The highest BCUT2D eigenvalue weighted by Gasteiger charge is 2.31. The second-order valence-electron chi connectivity index (χ2n) is 3.06. The molecule has 0 spiro atoms. The molecule has 1 nitrogen and oxygen atoms in total. The molecule has 1 unspecified atom stereocenters. The maximum absolute atomic E-state index is 12.3. The van der Waals surface area contributed by atoms with Gasteiger partial charge in [0.1, 0.15) is 0 Å². The molecule has 0 saturated heterocycles. The lowest BCUT2D eigenvalue weighted by molar-refractivity contribution is -0.137. The van der Waals surface area contributed by atoms with Crippen molar-refractivity contribution in [2.24, 2.45) is 5.73 Å². The van der Waals surface area contributed by atoms with Gasteiger partial charge in [0.2, 0.25) is 0 Å². The average molecular weight is 268 g/mol. The zero-order valence-corrected chi connectivity index (χ0v) is 8.98. The number of hydrogen-bond acceptors (Lipinski definition) is 1. The smallest absolute Gasteiger partial charge is 0.324 e. The molecule has 0 radical (unpaired) electrons. The summed E-state index contributed by atoms with van der Waals surface area (Å²) in [5.41, 5.74) is 5.29. The molecular formula is C9H9BrF3N. The average Bonchev–Trinajstić information content (AvgIpc) is 2.01. The van der Waals surface area contributed by atoms with Crippen LogP contribution in [0.5, 0.6) is 0 Å². The third-order valence-corrected chi connectivity index (χ3v) is 2.23. The summed E-state index contributed by atoms with van der Waals surface area (Å²) in [7, 11) is 0. The fraction of sp³-hybridized carbons (Fsp3) is 0.333. The van der Waals surface area contributed by atoms with Crippen LogP contribution >= 0.6 is 15.9 Å². The summed E-state index contributed by atoms with van der Waals surface area (Å²) in [5.74, 6) is 0. The number of halogens is 4. The summed E-state index contributed by atoms with van der Waals surface area (Å²) < 4.78 is 37.4. The largest absolute Gasteiger partial charge is 0.416 e. The zero-order valence-electron chi connectivity index (χ0n) is 7.40. The Morgan fingerprint density at radius 2 is 1.86 bits per heavy atom. The van der Waals surface area contributed by atoms with Crippen molar-refractivity contribution >= 4 is 15.9 Å². The summed E-state index contributed by atoms with van der Waals surface area (Å²) in [5, 5.41) is 0. The minimum absolute atomic E-state index is 0.389. The van der Waals surface area contributed by atoms with Crippen molar-refractivity contribution in [3.05, 3.63) is 33.8 Å². The van der Waals surface area contributed by atoms with E-state index in [4.69, 9.17) is 5.73 Å². The number of alkyl halides is 3. The van der Waals surface area contributed by atoms with Gasteiger partial charge in [0.15, 0.2) is 0 Å². The van der Waals surface area contributed by atoms with Crippen molar-refractivity contribution in [1.29, 1.82) is 0 Å². The van der Waals surface area contributed by atoms with E-state index in [1.54, 1.807) is 13.0 Å². The van der Waals surface area contributed by atoms with Gasteiger partial charge in [-0.25, -0.2) is 0 Å². The third kappa shape index (κ3) is 2.72. The molecule has 0 heterocycles. The van der Waals surface area contributed by atoms with E-state index in [2.05, 4.69) is 15.9 Å². The van der Waals surface area contributed by atoms with E-state index in [0.717, 1.165) is 12.1 Å². The van der Waals surface area contributed by atoms with E-state index in [1.165, 1.54) is 0 Å². The van der Waals surface area contributed by atoms with Gasteiger partial charge in [0.05, 0.1) is 5.56 Å². The van der Waals surface area contributed by atoms with Crippen LogP contribution in [0, 0.1) is 0 Å². The molecule has 14 heavy (non-hydrogen) atoms. The lowest BCUT2D eigenvalue weighted by Crippen LogP contribution is -2.09. The van der Waals surface area contributed by atoms with Crippen LogP contribution in [0.25, 0.3) is 0 Å². The fourth-order valence-corrected chi connectivity index (χ4v) is 1.55. The van der Waals surface area contributed by atoms with Crippen LogP contribution in [0.1, 0.15) is 24.1 Å². The zero-order chi connectivity index (χ0) is 10.9. The molecule has 0 aliphatic heterocycles. The standard InChI is InChI=1S/C9H9BrF3N/c1-5(14)6-2-7(9(11,12)13)4-8(10)3-6/h2-5H,14H2,1H3. The van der Waals surface area contributed by atoms with Crippen molar-refractivity contribution in [3.8, 4) is 0 Å². The molecule has 0 aromatic heterocycles. The highest BCUT2D eigenvalue weighted by atomic mass is 79.9. The monoisotopic (exact) mass is 267 g/mol. The molecule has 0 aliphatic rings. The normalized spacial score (nSPS) is 14.1. The van der Waals surface area contributed by atoms with Crippen LogP contribution in [0.4, 0.5) is 13.2 Å². The van der Waals surface area contributed by atoms with E-state index in [1.807, 2.05) is 0 Å². The van der Waals surface area contributed by atoms with Crippen LogP contribution < -0.4 is 5.73 Å². The number of benzene rings is 1. The van der Waals surface area contributed by atoms with Crippen molar-refractivity contribution in [2.75, 3.05) is 0 Å². The Labute approximate surface area is 88.2 Å². The summed E-state index contributed by atoms with van der Waals surface area (Å²) in [6.45, 7) is 1.64. The first kappa shape index (κ1) is 11.5. The molecule has 0 aliphatic carbocycles. The molecule has 1 aromatic rings. The Bertz CT molecular complexity index is 333. The van der Waals surface area contributed by atoms with E-state index < -0.39 is 17.8 Å². The van der Waals surface area contributed by atoms with Crippen LogP contribution in [0.15, 0.2) is 22.7 Å². The van der Waals surface area contributed by atoms with Gasteiger partial charge in [-0.05, 0) is 30.7 Å². The van der Waals surface area contributed by atoms with E-state index in [0.29, 0.717) is 10.0 Å². The first-order valence-electron chi connectivity index (χ1n) is 3.94. The minimum atomic E-state index is -4.33. The number of rotatable bonds is 1. The third-order valence-electron chi connectivity index (χ3n) is 1.77. The first-order valence-corrected chi connectivity index (χ1v) is 4.73. The van der Waals surface area contributed by atoms with Crippen LogP contribution in [0.3, 0.4) is 0 Å². The van der Waals surface area contributed by atoms with Crippen LogP contribution in [-0.4, -0.2) is 0 Å². The van der Waals surface area contributed by atoms with Gasteiger partial charge in [0, 0.05) is 10.5 Å². The predicted octanol–water partition coefficient (Wildman–Crippen LogP) is 3.49. The second kappa shape index (κ2) is 3.90. The first-order chi connectivity index (χ1) is 6.30. The van der Waals surface area contributed by atoms with Gasteiger partial charge in [-0.1, -0.05) is 15.9 Å². The van der Waals surface area contributed by atoms with E-state index in [-0.39, 0.29) is 0 Å². The van der Waals surface area contributed by atoms with Gasteiger partial charge < -0.3 is 5.73 Å². The highest BCUT2D eigenvalue weighted by Crippen LogP contribution is 2.32. The number of nitrogens with two attached hydrogens (primary N) is 1. The van der Waals surface area contributed by atoms with E-state index >= 15 is 0 Å². The maximum Gasteiger partial charge on any atom is 0.416 e. The Morgan fingerprint density at radius 1 is 1.29 bits per heavy atom. The molecule has 0 fully saturated rings. The molecule has 0 saturated carbocycles. The van der Waals surface area contributed by atoms with Crippen molar-refractivity contribution in [2.45, 2.75) is 19.1 Å². The second-order valence-corrected chi connectivity index (χ2v) is 3.98. The quantitative estimate of drug-likeness (QED) is 0.828. The van der Waals surface area contributed by atoms with Gasteiger partial charge in [-0.15, -0.1) is 0 Å². The molecule has 0 amide bonds. The molecule has 2 N–H and O–H groups in total. The molecule has 1 aromatic carbocycles. The van der Waals surface area contributed by atoms with Crippen LogP contribution in [0.2, 0.25) is 0 Å². The van der Waals surface area contributed by atoms with Crippen molar-refractivity contribution in [3.63, 3.8) is 0 Å². The molecule has 5 heteroatoms. The van der Waals surface area contributed by atoms with Gasteiger partial charge in [0.25, 0.3) is 0 Å². The topological polar surface area (TPSA) is 26.0 Å². The SMILES string of the molecule is CC(N)c1cc(Br)cc(C(F)(F)F)c1. The minimum Gasteiger partial charge on any atom is -0.324 e. The maximum atomic E-state index is 12.3. The Balaban J connectivity index is 3.21. The molecular weight excluding hydrogens is 259 g/mol. The lowest BCUT2D eigenvalue weighted by Gasteiger charge is -2.11. The fourth-order valence-electron chi connectivity index (χ4n) is 1.04. The van der Waals surface area contributed by atoms with Crippen molar-refractivity contribution < 1.29 is 13.2 Å². The summed E-state index contributed by atoms with van der Waals surface area (Å²) in [6.07, 6.45) is -4.33.